The summed E-state index contributed by atoms with van der Waals surface area (Å²) in [6, 6.07) is 0.166. The maximum Gasteiger partial charge on any atom is 0.0538 e. The number of nitrogens with one attached hydrogen (secondary N) is 1. The van der Waals surface area contributed by atoms with Gasteiger partial charge in [0.15, 0.2) is 0 Å². The molecule has 0 aliphatic rings. The molecule has 0 bridgehead atoms. The summed E-state index contributed by atoms with van der Waals surface area (Å²) in [5.41, 5.74) is 3.92. The van der Waals surface area contributed by atoms with Crippen molar-refractivity contribution in [3.05, 3.63) is 18.0 Å². The minimum absolute atomic E-state index is 0.166. The van der Waals surface area contributed by atoms with E-state index in [1.54, 1.807) is 4.68 Å². The van der Waals surface area contributed by atoms with Crippen LogP contribution in [0.2, 0.25) is 0 Å². The number of nitrogens with zero attached hydrogens (tertiary/aromatic N) is 2. The Bertz CT molecular complexity index is 274. The highest BCUT2D eigenvalue weighted by Gasteiger charge is 2.10. The van der Waals surface area contributed by atoms with Crippen LogP contribution in [0.3, 0.4) is 0 Å². The zero-order valence-electron chi connectivity index (χ0n) is 9.44. The molecule has 5 heteroatoms. The molecule has 0 aliphatic heterocycles. The first-order valence-electron chi connectivity index (χ1n) is 5.30. The van der Waals surface area contributed by atoms with Crippen LogP contribution in [-0.2, 0) is 11.8 Å². The molecule has 1 aromatic heterocycles. The number of hydrogen-bond donors (Lipinski definition) is 2. The molecule has 0 saturated carbocycles. The highest BCUT2D eigenvalue weighted by atomic mass is 16.5. The molecule has 15 heavy (non-hydrogen) atoms. The predicted molar refractivity (Wildman–Crippen MR) is 59.0 cm³/mol. The maximum absolute atomic E-state index is 5.50. The van der Waals surface area contributed by atoms with E-state index in [0.29, 0.717) is 0 Å². The van der Waals surface area contributed by atoms with Crippen molar-refractivity contribution in [3.8, 4) is 0 Å². The Morgan fingerprint density at radius 3 is 3.00 bits per heavy atom. The minimum Gasteiger partial charge on any atom is -0.382 e. The van der Waals surface area contributed by atoms with Gasteiger partial charge in [-0.2, -0.15) is 5.10 Å². The minimum atomic E-state index is 0.166. The zero-order valence-corrected chi connectivity index (χ0v) is 9.44. The van der Waals surface area contributed by atoms with Gasteiger partial charge in [-0.25, -0.2) is 0 Å². The molecule has 0 aliphatic carbocycles. The van der Waals surface area contributed by atoms with Gasteiger partial charge in [-0.1, -0.05) is 0 Å². The van der Waals surface area contributed by atoms with Crippen LogP contribution in [0.1, 0.15) is 31.4 Å². The lowest BCUT2D eigenvalue weighted by Crippen LogP contribution is -2.28. The number of aryl methyl sites for hydroxylation is 1. The number of hydrogen-bond acceptors (Lipinski definition) is 4. The molecule has 0 radical (unpaired) electrons. The lowest BCUT2D eigenvalue weighted by molar-refractivity contribution is 0.141. The summed E-state index contributed by atoms with van der Waals surface area (Å²) >= 11 is 0. The van der Waals surface area contributed by atoms with E-state index in [4.69, 9.17) is 10.6 Å². The van der Waals surface area contributed by atoms with Crippen molar-refractivity contribution in [1.82, 2.24) is 15.2 Å². The summed E-state index contributed by atoms with van der Waals surface area (Å²) in [4.78, 5) is 0. The molecule has 1 rings (SSSR count). The SMILES string of the molecule is CCOCCCC(NN)c1cnn(C)c1. The molecule has 3 N–H and O–H groups in total. The molecule has 0 aromatic carbocycles. The summed E-state index contributed by atoms with van der Waals surface area (Å²) in [5.74, 6) is 5.50. The third-order valence-electron chi connectivity index (χ3n) is 2.31. The molecule has 0 fully saturated rings. The van der Waals surface area contributed by atoms with Crippen LogP contribution in [-0.4, -0.2) is 23.0 Å². The van der Waals surface area contributed by atoms with Crippen LogP contribution >= 0.6 is 0 Å². The van der Waals surface area contributed by atoms with E-state index in [1.807, 2.05) is 26.4 Å². The van der Waals surface area contributed by atoms with Crippen molar-refractivity contribution in [1.29, 1.82) is 0 Å². The summed E-state index contributed by atoms with van der Waals surface area (Å²) < 4.78 is 7.06. The number of rotatable bonds is 7. The summed E-state index contributed by atoms with van der Waals surface area (Å²) in [7, 11) is 1.90. The van der Waals surface area contributed by atoms with E-state index in [0.717, 1.165) is 31.6 Å². The van der Waals surface area contributed by atoms with Gasteiger partial charge in [0.2, 0.25) is 0 Å². The van der Waals surface area contributed by atoms with Crippen LogP contribution in [0.5, 0.6) is 0 Å². The highest BCUT2D eigenvalue weighted by Crippen LogP contribution is 2.16. The van der Waals surface area contributed by atoms with Gasteiger partial charge < -0.3 is 4.74 Å². The lowest BCUT2D eigenvalue weighted by Gasteiger charge is -2.13. The second-order valence-electron chi connectivity index (χ2n) is 3.51. The average Bonchev–Trinajstić information content (AvgIpc) is 2.65. The third-order valence-corrected chi connectivity index (χ3v) is 2.31. The normalized spacial score (nSPS) is 13.0. The quantitative estimate of drug-likeness (QED) is 0.397. The van der Waals surface area contributed by atoms with Gasteiger partial charge in [0, 0.05) is 38.1 Å². The zero-order chi connectivity index (χ0) is 11.1. The Kier molecular flexibility index (Phi) is 5.31. The average molecular weight is 212 g/mol. The summed E-state index contributed by atoms with van der Waals surface area (Å²) in [6.45, 7) is 3.56. The molecule has 0 amide bonds. The van der Waals surface area contributed by atoms with Gasteiger partial charge in [0.05, 0.1) is 6.20 Å². The predicted octanol–water partition coefficient (Wildman–Crippen LogP) is 0.741. The van der Waals surface area contributed by atoms with Crippen LogP contribution in [0.25, 0.3) is 0 Å². The lowest BCUT2D eigenvalue weighted by atomic mass is 10.1. The van der Waals surface area contributed by atoms with Gasteiger partial charge in [-0.05, 0) is 19.8 Å². The number of aromatic nitrogens is 2. The van der Waals surface area contributed by atoms with E-state index in [1.165, 1.54) is 0 Å². The topological polar surface area (TPSA) is 65.1 Å². The molecule has 1 unspecified atom stereocenters. The molecule has 5 nitrogen and oxygen atoms in total. The Hall–Kier alpha value is -0.910. The Labute approximate surface area is 90.6 Å². The monoisotopic (exact) mass is 212 g/mol. The van der Waals surface area contributed by atoms with E-state index < -0.39 is 0 Å². The van der Waals surface area contributed by atoms with Crippen molar-refractivity contribution in [3.63, 3.8) is 0 Å². The van der Waals surface area contributed by atoms with Crippen LogP contribution in [0.4, 0.5) is 0 Å². The molecular weight excluding hydrogens is 192 g/mol. The maximum atomic E-state index is 5.50. The van der Waals surface area contributed by atoms with Crippen molar-refractivity contribution in [2.24, 2.45) is 12.9 Å². The van der Waals surface area contributed by atoms with E-state index in [-0.39, 0.29) is 6.04 Å². The van der Waals surface area contributed by atoms with Gasteiger partial charge in [0.25, 0.3) is 0 Å². The van der Waals surface area contributed by atoms with Crippen molar-refractivity contribution in [2.45, 2.75) is 25.8 Å². The van der Waals surface area contributed by atoms with Crippen LogP contribution < -0.4 is 11.3 Å². The smallest absolute Gasteiger partial charge is 0.0538 e. The second kappa shape index (κ2) is 6.55. The van der Waals surface area contributed by atoms with E-state index >= 15 is 0 Å². The van der Waals surface area contributed by atoms with Crippen LogP contribution in [0, 0.1) is 0 Å². The first kappa shape index (κ1) is 12.2. The third kappa shape index (κ3) is 3.99. The molecule has 0 saturated heterocycles. The summed E-state index contributed by atoms with van der Waals surface area (Å²) in [6.07, 6.45) is 5.77. The van der Waals surface area contributed by atoms with Crippen molar-refractivity contribution >= 4 is 0 Å². The molecular formula is C10H20N4O. The molecule has 1 heterocycles. The van der Waals surface area contributed by atoms with E-state index in [2.05, 4.69) is 10.5 Å². The molecule has 1 aromatic rings. The standard InChI is InChI=1S/C10H20N4O/c1-3-15-6-4-5-10(13-11)9-7-12-14(2)8-9/h7-8,10,13H,3-6,11H2,1-2H3. The number of hydrazine groups is 1. The largest absolute Gasteiger partial charge is 0.382 e. The Morgan fingerprint density at radius 2 is 2.47 bits per heavy atom. The Morgan fingerprint density at radius 1 is 1.67 bits per heavy atom. The molecule has 86 valence electrons. The van der Waals surface area contributed by atoms with Gasteiger partial charge in [-0.15, -0.1) is 0 Å². The first-order valence-corrected chi connectivity index (χ1v) is 5.30. The van der Waals surface area contributed by atoms with Gasteiger partial charge in [-0.3, -0.25) is 16.0 Å². The fraction of sp³-hybridized carbons (Fsp3) is 0.700. The van der Waals surface area contributed by atoms with E-state index in [9.17, 15) is 0 Å². The fourth-order valence-electron chi connectivity index (χ4n) is 1.50. The molecule has 1 atom stereocenters. The van der Waals surface area contributed by atoms with Crippen molar-refractivity contribution < 1.29 is 4.74 Å². The van der Waals surface area contributed by atoms with Crippen LogP contribution in [0.15, 0.2) is 12.4 Å². The fourth-order valence-corrected chi connectivity index (χ4v) is 1.50. The highest BCUT2D eigenvalue weighted by molar-refractivity contribution is 5.09. The second-order valence-corrected chi connectivity index (χ2v) is 3.51. The van der Waals surface area contributed by atoms with Gasteiger partial charge in [0.1, 0.15) is 0 Å². The van der Waals surface area contributed by atoms with Gasteiger partial charge >= 0.3 is 0 Å². The van der Waals surface area contributed by atoms with Crippen molar-refractivity contribution in [2.75, 3.05) is 13.2 Å². The molecule has 0 spiro atoms. The Balaban J connectivity index is 2.35. The number of nitrogens with two attached hydrogens (primary N) is 1. The number of ether oxygens (including phenoxy) is 1. The summed E-state index contributed by atoms with van der Waals surface area (Å²) in [5, 5.41) is 4.12. The first-order chi connectivity index (χ1) is 7.27.